The molecular weight excluding hydrogens is 184 g/mol. The van der Waals surface area contributed by atoms with Crippen LogP contribution in [0.2, 0.25) is 0 Å². The van der Waals surface area contributed by atoms with Crippen LogP contribution in [0.4, 0.5) is 0 Å². The number of fused-ring (bicyclic) bond motifs is 1. The molecule has 0 saturated heterocycles. The number of aryl methyl sites for hydroxylation is 1. The van der Waals surface area contributed by atoms with Gasteiger partial charge in [-0.25, -0.2) is 0 Å². The molecule has 2 heteroatoms. The lowest BCUT2D eigenvalue weighted by Crippen LogP contribution is -1.84. The third-order valence-electron chi connectivity index (χ3n) is 2.43. The van der Waals surface area contributed by atoms with Gasteiger partial charge in [-0.15, -0.1) is 0 Å². The van der Waals surface area contributed by atoms with Crippen molar-refractivity contribution in [3.8, 4) is 12.1 Å². The third-order valence-corrected chi connectivity index (χ3v) is 2.43. The van der Waals surface area contributed by atoms with E-state index in [1.54, 1.807) is 12.1 Å². The number of rotatable bonds is 0. The van der Waals surface area contributed by atoms with Gasteiger partial charge in [-0.1, -0.05) is 12.1 Å². The SMILES string of the molecule is Cc1cc2ccc(C#N)cc2cc1C#N. The third kappa shape index (κ3) is 1.54. The summed E-state index contributed by atoms with van der Waals surface area (Å²) in [4.78, 5) is 0. The largest absolute Gasteiger partial charge is 0.192 e. The van der Waals surface area contributed by atoms with Crippen molar-refractivity contribution in [1.82, 2.24) is 0 Å². The topological polar surface area (TPSA) is 47.6 Å². The lowest BCUT2D eigenvalue weighted by Gasteiger charge is -2.02. The molecular formula is C13H8N2. The van der Waals surface area contributed by atoms with Gasteiger partial charge >= 0.3 is 0 Å². The fraction of sp³-hybridized carbons (Fsp3) is 0.0769. The minimum Gasteiger partial charge on any atom is -0.192 e. The molecule has 0 heterocycles. The summed E-state index contributed by atoms with van der Waals surface area (Å²) in [6.07, 6.45) is 0. The summed E-state index contributed by atoms with van der Waals surface area (Å²) in [5, 5.41) is 19.7. The van der Waals surface area contributed by atoms with E-state index in [9.17, 15) is 0 Å². The fourth-order valence-corrected chi connectivity index (χ4v) is 1.60. The van der Waals surface area contributed by atoms with E-state index in [1.165, 1.54) is 0 Å². The molecule has 2 nitrogen and oxygen atoms in total. The van der Waals surface area contributed by atoms with Gasteiger partial charge in [0.25, 0.3) is 0 Å². The zero-order valence-corrected chi connectivity index (χ0v) is 8.28. The van der Waals surface area contributed by atoms with Crippen LogP contribution in [0, 0.1) is 29.6 Å². The molecule has 0 saturated carbocycles. The summed E-state index contributed by atoms with van der Waals surface area (Å²) in [6, 6.07) is 13.5. The fourth-order valence-electron chi connectivity index (χ4n) is 1.60. The first kappa shape index (κ1) is 9.24. The molecule has 2 rings (SSSR count). The van der Waals surface area contributed by atoms with Crippen molar-refractivity contribution in [3.63, 3.8) is 0 Å². The molecule has 0 aliphatic heterocycles. The molecule has 2 aromatic rings. The Morgan fingerprint density at radius 2 is 1.73 bits per heavy atom. The van der Waals surface area contributed by atoms with Crippen LogP contribution in [0.1, 0.15) is 16.7 Å². The maximum atomic E-state index is 8.89. The second-order valence-corrected chi connectivity index (χ2v) is 3.45. The molecule has 0 spiro atoms. The maximum Gasteiger partial charge on any atom is 0.0994 e. The molecule has 0 bridgehead atoms. The Balaban J connectivity index is 2.80. The predicted molar refractivity (Wildman–Crippen MR) is 58.1 cm³/mol. The van der Waals surface area contributed by atoms with E-state index in [1.807, 2.05) is 25.1 Å². The van der Waals surface area contributed by atoms with Crippen LogP contribution in [0.15, 0.2) is 30.3 Å². The molecule has 0 N–H and O–H groups in total. The molecule has 15 heavy (non-hydrogen) atoms. The van der Waals surface area contributed by atoms with Crippen molar-refractivity contribution in [3.05, 3.63) is 47.0 Å². The lowest BCUT2D eigenvalue weighted by atomic mass is 10.0. The standard InChI is InChI=1S/C13H8N2/c1-9-4-11-3-2-10(7-14)5-12(11)6-13(9)8-15/h2-6H,1H3. The summed E-state index contributed by atoms with van der Waals surface area (Å²) in [5.41, 5.74) is 2.25. The van der Waals surface area contributed by atoms with Crippen LogP contribution in [0.25, 0.3) is 10.8 Å². The second-order valence-electron chi connectivity index (χ2n) is 3.45. The lowest BCUT2D eigenvalue weighted by molar-refractivity contribution is 1.41. The Hall–Kier alpha value is -2.32. The van der Waals surface area contributed by atoms with Crippen LogP contribution in [0.3, 0.4) is 0 Å². The summed E-state index contributed by atoms with van der Waals surface area (Å²) in [7, 11) is 0. The highest BCUT2D eigenvalue weighted by Gasteiger charge is 2.01. The van der Waals surface area contributed by atoms with Gasteiger partial charge in [0.1, 0.15) is 0 Å². The summed E-state index contributed by atoms with van der Waals surface area (Å²) < 4.78 is 0. The highest BCUT2D eigenvalue weighted by atomic mass is 14.2. The first-order valence-corrected chi connectivity index (χ1v) is 4.59. The van der Waals surface area contributed by atoms with E-state index in [0.29, 0.717) is 11.1 Å². The van der Waals surface area contributed by atoms with Gasteiger partial charge in [-0.05, 0) is 41.5 Å². The molecule has 0 atom stereocenters. The molecule has 0 aromatic heterocycles. The van der Waals surface area contributed by atoms with E-state index >= 15 is 0 Å². The maximum absolute atomic E-state index is 8.89. The van der Waals surface area contributed by atoms with Crippen molar-refractivity contribution in [2.45, 2.75) is 6.92 Å². The number of hydrogen-bond acceptors (Lipinski definition) is 2. The second kappa shape index (κ2) is 3.44. The van der Waals surface area contributed by atoms with Crippen molar-refractivity contribution in [2.24, 2.45) is 0 Å². The number of hydrogen-bond donors (Lipinski definition) is 0. The summed E-state index contributed by atoms with van der Waals surface area (Å²) in [5.74, 6) is 0. The Kier molecular flexibility index (Phi) is 2.12. The van der Waals surface area contributed by atoms with Crippen molar-refractivity contribution >= 4 is 10.8 Å². The van der Waals surface area contributed by atoms with E-state index in [2.05, 4.69) is 12.1 Å². The van der Waals surface area contributed by atoms with E-state index < -0.39 is 0 Å². The van der Waals surface area contributed by atoms with Gasteiger partial charge in [0, 0.05) is 0 Å². The van der Waals surface area contributed by atoms with Crippen molar-refractivity contribution < 1.29 is 0 Å². The molecule has 0 unspecified atom stereocenters. The molecule has 2 aromatic carbocycles. The number of nitriles is 2. The van der Waals surface area contributed by atoms with Crippen LogP contribution in [0.5, 0.6) is 0 Å². The average molecular weight is 192 g/mol. The normalized spacial score (nSPS) is 9.53. The van der Waals surface area contributed by atoms with Crippen LogP contribution < -0.4 is 0 Å². The van der Waals surface area contributed by atoms with Crippen molar-refractivity contribution in [1.29, 1.82) is 10.5 Å². The zero-order chi connectivity index (χ0) is 10.8. The quantitative estimate of drug-likeness (QED) is 0.644. The molecule has 0 aliphatic carbocycles. The van der Waals surface area contributed by atoms with Gasteiger partial charge in [-0.2, -0.15) is 10.5 Å². The van der Waals surface area contributed by atoms with E-state index in [-0.39, 0.29) is 0 Å². The van der Waals surface area contributed by atoms with Gasteiger partial charge in [-0.3, -0.25) is 0 Å². The Bertz CT molecular complexity index is 613. The molecule has 0 aliphatic rings. The molecule has 0 amide bonds. The highest BCUT2D eigenvalue weighted by Crippen LogP contribution is 2.20. The molecule has 0 fully saturated rings. The first-order chi connectivity index (χ1) is 7.24. The van der Waals surface area contributed by atoms with E-state index in [4.69, 9.17) is 10.5 Å². The van der Waals surface area contributed by atoms with E-state index in [0.717, 1.165) is 16.3 Å². The van der Waals surface area contributed by atoms with Gasteiger partial charge < -0.3 is 0 Å². The average Bonchev–Trinajstić information content (AvgIpc) is 2.27. The zero-order valence-electron chi connectivity index (χ0n) is 8.28. The first-order valence-electron chi connectivity index (χ1n) is 4.59. The van der Waals surface area contributed by atoms with Gasteiger partial charge in [0.2, 0.25) is 0 Å². The van der Waals surface area contributed by atoms with Gasteiger partial charge in [0.15, 0.2) is 0 Å². The van der Waals surface area contributed by atoms with Crippen LogP contribution >= 0.6 is 0 Å². The Morgan fingerprint density at radius 1 is 0.933 bits per heavy atom. The van der Waals surface area contributed by atoms with Crippen LogP contribution in [-0.4, -0.2) is 0 Å². The van der Waals surface area contributed by atoms with Gasteiger partial charge in [0.05, 0.1) is 23.3 Å². The van der Waals surface area contributed by atoms with Crippen molar-refractivity contribution in [2.75, 3.05) is 0 Å². The minimum atomic E-state index is 0.621. The molecule has 70 valence electrons. The van der Waals surface area contributed by atoms with Crippen LogP contribution in [-0.2, 0) is 0 Å². The summed E-state index contributed by atoms with van der Waals surface area (Å²) >= 11 is 0. The number of benzene rings is 2. The monoisotopic (exact) mass is 192 g/mol. The predicted octanol–water partition coefficient (Wildman–Crippen LogP) is 2.89. The number of nitrogens with zero attached hydrogens (tertiary/aromatic N) is 2. The molecule has 0 radical (unpaired) electrons. The Labute approximate surface area is 88.0 Å². The smallest absolute Gasteiger partial charge is 0.0994 e. The highest BCUT2D eigenvalue weighted by molar-refractivity contribution is 5.86. The Morgan fingerprint density at radius 3 is 2.40 bits per heavy atom. The summed E-state index contributed by atoms with van der Waals surface area (Å²) in [6.45, 7) is 1.91. The minimum absolute atomic E-state index is 0.621.